The molecule has 1 aliphatic rings. The molecule has 2 rings (SSSR count). The Morgan fingerprint density at radius 1 is 1.25 bits per heavy atom. The van der Waals surface area contributed by atoms with Gasteiger partial charge in [0.25, 0.3) is 0 Å². The lowest BCUT2D eigenvalue weighted by Gasteiger charge is -1.95. The number of para-hydroxylation sites is 1. The van der Waals surface area contributed by atoms with Gasteiger partial charge in [0.1, 0.15) is 0 Å². The summed E-state index contributed by atoms with van der Waals surface area (Å²) >= 11 is 1.94. The standard InChI is InChI=1S/C10H12NS/c1-9-11(7-8-12-9)10-5-3-2-4-6-10/h2-6H,7-8H2,1H3/q+1. The fraction of sp³-hybridized carbons (Fsp3) is 0.300. The summed E-state index contributed by atoms with van der Waals surface area (Å²) in [7, 11) is 0. The Bertz CT molecular complexity index is 303. The minimum atomic E-state index is 1.15. The molecule has 1 aromatic carbocycles. The number of thioether (sulfide) groups is 1. The number of hydrogen-bond donors (Lipinski definition) is 0. The molecule has 0 spiro atoms. The predicted molar refractivity (Wildman–Crippen MR) is 54.4 cm³/mol. The lowest BCUT2D eigenvalue weighted by atomic mass is 10.3. The molecule has 0 bridgehead atoms. The van der Waals surface area contributed by atoms with Crippen molar-refractivity contribution in [2.45, 2.75) is 6.92 Å². The van der Waals surface area contributed by atoms with Crippen LogP contribution in [0.2, 0.25) is 0 Å². The van der Waals surface area contributed by atoms with Crippen LogP contribution in [0.25, 0.3) is 0 Å². The van der Waals surface area contributed by atoms with Crippen LogP contribution >= 0.6 is 11.8 Å². The zero-order valence-electron chi connectivity index (χ0n) is 7.16. The van der Waals surface area contributed by atoms with Crippen LogP contribution in [0.4, 0.5) is 5.69 Å². The summed E-state index contributed by atoms with van der Waals surface area (Å²) in [6.07, 6.45) is 0. The fourth-order valence-electron chi connectivity index (χ4n) is 1.44. The maximum absolute atomic E-state index is 2.37. The molecule has 1 aromatic rings. The highest BCUT2D eigenvalue weighted by atomic mass is 32.2. The second-order valence-electron chi connectivity index (χ2n) is 2.85. The molecule has 1 nitrogen and oxygen atoms in total. The molecule has 2 heteroatoms. The van der Waals surface area contributed by atoms with Gasteiger partial charge in [0.2, 0.25) is 10.7 Å². The van der Waals surface area contributed by atoms with Crippen molar-refractivity contribution in [3.63, 3.8) is 0 Å². The Labute approximate surface area is 77.1 Å². The van der Waals surface area contributed by atoms with Gasteiger partial charge in [-0.2, -0.15) is 4.58 Å². The Kier molecular flexibility index (Phi) is 2.17. The Hall–Kier alpha value is -0.760. The van der Waals surface area contributed by atoms with Gasteiger partial charge in [-0.15, -0.1) is 0 Å². The monoisotopic (exact) mass is 178 g/mol. The van der Waals surface area contributed by atoms with Crippen LogP contribution in [0.3, 0.4) is 0 Å². The van der Waals surface area contributed by atoms with Crippen molar-refractivity contribution >= 4 is 22.5 Å². The molecule has 1 heterocycles. The number of benzene rings is 1. The third-order valence-corrected chi connectivity index (χ3v) is 3.10. The van der Waals surface area contributed by atoms with Crippen molar-refractivity contribution in [3.05, 3.63) is 30.3 Å². The summed E-state index contributed by atoms with van der Waals surface area (Å²) in [6.45, 7) is 3.34. The van der Waals surface area contributed by atoms with Gasteiger partial charge in [0.15, 0.2) is 6.54 Å². The molecule has 0 radical (unpaired) electrons. The molecule has 0 saturated carbocycles. The highest BCUT2D eigenvalue weighted by molar-refractivity contribution is 8.13. The lowest BCUT2D eigenvalue weighted by Crippen LogP contribution is -2.05. The molecular formula is C10H12NS+. The van der Waals surface area contributed by atoms with Crippen LogP contribution in [-0.4, -0.2) is 21.9 Å². The highest BCUT2D eigenvalue weighted by Crippen LogP contribution is 2.20. The largest absolute Gasteiger partial charge is 0.213 e. The van der Waals surface area contributed by atoms with Crippen LogP contribution in [-0.2, 0) is 0 Å². The third kappa shape index (κ3) is 1.39. The van der Waals surface area contributed by atoms with Crippen molar-refractivity contribution in [1.82, 2.24) is 0 Å². The van der Waals surface area contributed by atoms with E-state index in [4.69, 9.17) is 0 Å². The Morgan fingerprint density at radius 3 is 2.58 bits per heavy atom. The zero-order chi connectivity index (χ0) is 8.39. The summed E-state index contributed by atoms with van der Waals surface area (Å²) in [5.74, 6) is 1.22. The first kappa shape index (κ1) is 7.87. The van der Waals surface area contributed by atoms with Gasteiger partial charge in [-0.3, -0.25) is 0 Å². The first-order valence-electron chi connectivity index (χ1n) is 4.17. The average molecular weight is 178 g/mol. The van der Waals surface area contributed by atoms with Gasteiger partial charge >= 0.3 is 0 Å². The van der Waals surface area contributed by atoms with Crippen molar-refractivity contribution in [2.24, 2.45) is 0 Å². The van der Waals surface area contributed by atoms with Gasteiger partial charge in [0.05, 0.1) is 5.75 Å². The molecule has 0 unspecified atom stereocenters. The van der Waals surface area contributed by atoms with E-state index in [1.165, 1.54) is 16.5 Å². The van der Waals surface area contributed by atoms with Crippen molar-refractivity contribution in [2.75, 3.05) is 12.3 Å². The quantitative estimate of drug-likeness (QED) is 0.597. The topological polar surface area (TPSA) is 3.01 Å². The Morgan fingerprint density at radius 2 is 2.00 bits per heavy atom. The SMILES string of the molecule is CC1=[N+](c2ccccc2)CCS1. The average Bonchev–Trinajstić information content (AvgIpc) is 2.53. The minimum Gasteiger partial charge on any atom is -0.190 e. The van der Waals surface area contributed by atoms with Gasteiger partial charge in [-0.25, -0.2) is 0 Å². The van der Waals surface area contributed by atoms with E-state index in [1.54, 1.807) is 0 Å². The molecular weight excluding hydrogens is 166 g/mol. The molecule has 62 valence electrons. The predicted octanol–water partition coefficient (Wildman–Crippen LogP) is 2.50. The normalized spacial score (nSPS) is 17.1. The summed E-state index contributed by atoms with van der Waals surface area (Å²) in [6, 6.07) is 10.6. The van der Waals surface area contributed by atoms with Crippen LogP contribution in [0, 0.1) is 0 Å². The molecule has 0 N–H and O–H groups in total. The lowest BCUT2D eigenvalue weighted by molar-refractivity contribution is -0.428. The maximum Gasteiger partial charge on any atom is 0.213 e. The van der Waals surface area contributed by atoms with Gasteiger partial charge in [0, 0.05) is 19.1 Å². The van der Waals surface area contributed by atoms with Crippen LogP contribution in [0.1, 0.15) is 6.92 Å². The second-order valence-corrected chi connectivity index (χ2v) is 4.14. The fourth-order valence-corrected chi connectivity index (χ4v) is 2.36. The molecule has 0 saturated heterocycles. The highest BCUT2D eigenvalue weighted by Gasteiger charge is 2.20. The molecule has 1 aliphatic heterocycles. The summed E-state index contributed by atoms with van der Waals surface area (Å²) in [5.41, 5.74) is 1.32. The van der Waals surface area contributed by atoms with E-state index in [1.807, 2.05) is 11.8 Å². The van der Waals surface area contributed by atoms with E-state index >= 15 is 0 Å². The Balaban J connectivity index is 2.37. The number of hydrogen-bond acceptors (Lipinski definition) is 1. The van der Waals surface area contributed by atoms with Gasteiger partial charge in [-0.05, 0) is 0 Å². The van der Waals surface area contributed by atoms with Crippen LogP contribution in [0.5, 0.6) is 0 Å². The number of rotatable bonds is 1. The van der Waals surface area contributed by atoms with Crippen LogP contribution in [0.15, 0.2) is 30.3 Å². The molecule has 0 aromatic heterocycles. The van der Waals surface area contributed by atoms with Crippen molar-refractivity contribution in [3.8, 4) is 0 Å². The summed E-state index contributed by atoms with van der Waals surface area (Å²) < 4.78 is 2.37. The van der Waals surface area contributed by atoms with Gasteiger partial charge < -0.3 is 0 Å². The first-order chi connectivity index (χ1) is 5.88. The molecule has 0 amide bonds. The van der Waals surface area contributed by atoms with E-state index in [9.17, 15) is 0 Å². The van der Waals surface area contributed by atoms with Crippen molar-refractivity contribution < 1.29 is 4.58 Å². The van der Waals surface area contributed by atoms with Crippen molar-refractivity contribution in [1.29, 1.82) is 0 Å². The van der Waals surface area contributed by atoms with Gasteiger partial charge in [-0.1, -0.05) is 30.0 Å². The minimum absolute atomic E-state index is 1.15. The number of nitrogens with zero attached hydrogens (tertiary/aromatic N) is 1. The summed E-state index contributed by atoms with van der Waals surface area (Å²) in [4.78, 5) is 0. The maximum atomic E-state index is 2.37. The van der Waals surface area contributed by atoms with E-state index in [0.29, 0.717) is 0 Å². The second kappa shape index (κ2) is 3.31. The smallest absolute Gasteiger partial charge is 0.190 e. The van der Waals surface area contributed by atoms with E-state index in [-0.39, 0.29) is 0 Å². The van der Waals surface area contributed by atoms with E-state index < -0.39 is 0 Å². The molecule has 0 fully saturated rings. The third-order valence-electron chi connectivity index (χ3n) is 2.07. The van der Waals surface area contributed by atoms with E-state index in [0.717, 1.165) is 6.54 Å². The summed E-state index contributed by atoms with van der Waals surface area (Å²) in [5, 5.41) is 1.42. The molecule has 12 heavy (non-hydrogen) atoms. The zero-order valence-corrected chi connectivity index (χ0v) is 7.97. The first-order valence-corrected chi connectivity index (χ1v) is 5.15. The molecule has 0 atom stereocenters. The van der Waals surface area contributed by atoms with Crippen LogP contribution < -0.4 is 0 Å². The van der Waals surface area contributed by atoms with E-state index in [2.05, 4.69) is 41.8 Å². The molecule has 0 aliphatic carbocycles.